The van der Waals surface area contributed by atoms with Gasteiger partial charge in [-0.25, -0.2) is 0 Å². The third-order valence-corrected chi connectivity index (χ3v) is 4.23. The second kappa shape index (κ2) is 6.38. The van der Waals surface area contributed by atoms with Gasteiger partial charge in [-0.1, -0.05) is 42.5 Å². The first-order valence-electron chi connectivity index (χ1n) is 7.67. The van der Waals surface area contributed by atoms with Gasteiger partial charge < -0.3 is 10.1 Å². The van der Waals surface area contributed by atoms with Gasteiger partial charge in [0.15, 0.2) is 0 Å². The van der Waals surface area contributed by atoms with Gasteiger partial charge >= 0.3 is 0 Å². The van der Waals surface area contributed by atoms with Crippen LogP contribution in [-0.4, -0.2) is 19.3 Å². The van der Waals surface area contributed by atoms with Crippen LogP contribution in [-0.2, 0) is 4.74 Å². The van der Waals surface area contributed by atoms with E-state index >= 15 is 0 Å². The van der Waals surface area contributed by atoms with Crippen LogP contribution in [0.1, 0.15) is 37.8 Å². The molecule has 2 aromatic rings. The predicted molar refractivity (Wildman–Crippen MR) is 84.0 cm³/mol. The van der Waals surface area contributed by atoms with Gasteiger partial charge in [-0.3, -0.25) is 0 Å². The first kappa shape index (κ1) is 13.6. The Morgan fingerprint density at radius 1 is 1.20 bits per heavy atom. The van der Waals surface area contributed by atoms with Crippen LogP contribution in [0.5, 0.6) is 0 Å². The molecule has 1 saturated heterocycles. The van der Waals surface area contributed by atoms with Crippen LogP contribution >= 0.6 is 0 Å². The Bertz CT molecular complexity index is 555. The van der Waals surface area contributed by atoms with Crippen molar-refractivity contribution in [1.29, 1.82) is 0 Å². The lowest BCUT2D eigenvalue weighted by molar-refractivity contribution is 0.103. The minimum Gasteiger partial charge on any atom is -0.378 e. The molecule has 2 aromatic carbocycles. The Morgan fingerprint density at radius 2 is 2.05 bits per heavy atom. The average molecular weight is 269 g/mol. The lowest BCUT2D eigenvalue weighted by atomic mass is 9.99. The molecule has 1 aliphatic rings. The lowest BCUT2D eigenvalue weighted by Crippen LogP contribution is -2.23. The Kier molecular flexibility index (Phi) is 4.34. The molecule has 1 fully saturated rings. The molecule has 3 rings (SSSR count). The zero-order chi connectivity index (χ0) is 13.8. The van der Waals surface area contributed by atoms with Crippen molar-refractivity contribution in [2.45, 2.75) is 38.3 Å². The number of ether oxygens (including phenoxy) is 1. The topological polar surface area (TPSA) is 21.3 Å². The maximum Gasteiger partial charge on any atom is 0.0588 e. The summed E-state index contributed by atoms with van der Waals surface area (Å²) in [6, 6.07) is 15.5. The van der Waals surface area contributed by atoms with Crippen LogP contribution in [0, 0.1) is 0 Å². The van der Waals surface area contributed by atoms with E-state index in [0.717, 1.165) is 19.6 Å². The molecule has 0 spiro atoms. The van der Waals surface area contributed by atoms with Gasteiger partial charge in [-0.15, -0.1) is 0 Å². The number of rotatable bonds is 5. The summed E-state index contributed by atoms with van der Waals surface area (Å²) in [6.07, 6.45) is 4.05. The van der Waals surface area contributed by atoms with Crippen molar-refractivity contribution in [2.75, 3.05) is 13.2 Å². The fraction of sp³-hybridized carbons (Fsp3) is 0.444. The summed E-state index contributed by atoms with van der Waals surface area (Å²) in [5.74, 6) is 0. The molecule has 0 saturated carbocycles. The first-order chi connectivity index (χ1) is 9.84. The predicted octanol–water partition coefficient (Wildman–Crippen LogP) is 4.06. The highest BCUT2D eigenvalue weighted by Gasteiger charge is 2.15. The van der Waals surface area contributed by atoms with Crippen LogP contribution in [0.4, 0.5) is 0 Å². The van der Waals surface area contributed by atoms with Gasteiger partial charge in [0.2, 0.25) is 0 Å². The molecule has 2 atom stereocenters. The first-order valence-corrected chi connectivity index (χ1v) is 7.67. The summed E-state index contributed by atoms with van der Waals surface area (Å²) < 4.78 is 5.67. The van der Waals surface area contributed by atoms with Gasteiger partial charge in [0.25, 0.3) is 0 Å². The molecule has 2 heteroatoms. The van der Waals surface area contributed by atoms with Crippen LogP contribution < -0.4 is 5.32 Å². The second-order valence-corrected chi connectivity index (χ2v) is 5.67. The molecule has 0 unspecified atom stereocenters. The molecule has 0 radical (unpaired) electrons. The minimum absolute atomic E-state index is 0.377. The number of hydrogen-bond acceptors (Lipinski definition) is 2. The molecule has 0 amide bonds. The number of nitrogens with one attached hydrogen (secondary N) is 1. The second-order valence-electron chi connectivity index (χ2n) is 5.67. The van der Waals surface area contributed by atoms with Crippen molar-refractivity contribution < 1.29 is 4.74 Å². The summed E-state index contributed by atoms with van der Waals surface area (Å²) in [7, 11) is 0. The molecule has 0 bridgehead atoms. The van der Waals surface area contributed by atoms with Gasteiger partial charge in [-0.05, 0) is 49.1 Å². The molecular formula is C18H23NO. The summed E-state index contributed by atoms with van der Waals surface area (Å²) in [4.78, 5) is 0. The fourth-order valence-corrected chi connectivity index (χ4v) is 3.07. The van der Waals surface area contributed by atoms with Crippen molar-refractivity contribution in [1.82, 2.24) is 5.32 Å². The zero-order valence-electron chi connectivity index (χ0n) is 12.1. The normalized spacial score (nSPS) is 20.4. The van der Waals surface area contributed by atoms with Crippen LogP contribution in [0.15, 0.2) is 42.5 Å². The lowest BCUT2D eigenvalue weighted by Gasteiger charge is -2.18. The molecule has 1 N–H and O–H groups in total. The smallest absolute Gasteiger partial charge is 0.0588 e. The summed E-state index contributed by atoms with van der Waals surface area (Å²) >= 11 is 0. The monoisotopic (exact) mass is 269 g/mol. The zero-order valence-corrected chi connectivity index (χ0v) is 12.1. The largest absolute Gasteiger partial charge is 0.378 e. The molecule has 2 nitrogen and oxygen atoms in total. The summed E-state index contributed by atoms with van der Waals surface area (Å²) in [5, 5.41) is 6.31. The third-order valence-electron chi connectivity index (χ3n) is 4.23. The van der Waals surface area contributed by atoms with E-state index < -0.39 is 0 Å². The molecule has 20 heavy (non-hydrogen) atoms. The minimum atomic E-state index is 0.377. The quantitative estimate of drug-likeness (QED) is 0.884. The Hall–Kier alpha value is -1.38. The Morgan fingerprint density at radius 3 is 2.90 bits per heavy atom. The molecule has 0 aromatic heterocycles. The number of benzene rings is 2. The van der Waals surface area contributed by atoms with Crippen LogP contribution in [0.2, 0.25) is 0 Å². The number of hydrogen-bond donors (Lipinski definition) is 1. The van der Waals surface area contributed by atoms with Gasteiger partial charge in [0.1, 0.15) is 0 Å². The van der Waals surface area contributed by atoms with Gasteiger partial charge in [0, 0.05) is 12.6 Å². The maximum atomic E-state index is 5.67. The standard InChI is InChI=1S/C18H23NO/c1-14(19-12-11-16-8-5-13-20-16)17-10-4-7-15-6-2-3-9-18(15)17/h2-4,6-7,9-10,14,16,19H,5,8,11-13H2,1H3/t14-,16-/m0/s1. The van der Waals surface area contributed by atoms with Crippen molar-refractivity contribution in [2.24, 2.45) is 0 Å². The van der Waals surface area contributed by atoms with E-state index in [-0.39, 0.29) is 0 Å². The fourth-order valence-electron chi connectivity index (χ4n) is 3.07. The van der Waals surface area contributed by atoms with Crippen LogP contribution in [0.3, 0.4) is 0 Å². The van der Waals surface area contributed by atoms with Gasteiger partial charge in [-0.2, -0.15) is 0 Å². The van der Waals surface area contributed by atoms with E-state index in [4.69, 9.17) is 4.74 Å². The van der Waals surface area contributed by atoms with E-state index in [2.05, 4.69) is 54.7 Å². The molecule has 106 valence electrons. The van der Waals surface area contributed by atoms with E-state index in [1.807, 2.05) is 0 Å². The summed E-state index contributed by atoms with van der Waals surface area (Å²) in [6.45, 7) is 4.22. The van der Waals surface area contributed by atoms with Crippen molar-refractivity contribution in [3.8, 4) is 0 Å². The van der Waals surface area contributed by atoms with E-state index in [1.54, 1.807) is 0 Å². The van der Waals surface area contributed by atoms with E-state index in [9.17, 15) is 0 Å². The van der Waals surface area contributed by atoms with E-state index in [1.165, 1.54) is 29.2 Å². The molecule has 1 heterocycles. The van der Waals surface area contributed by atoms with Crippen molar-refractivity contribution in [3.05, 3.63) is 48.0 Å². The number of fused-ring (bicyclic) bond motifs is 1. The highest BCUT2D eigenvalue weighted by Crippen LogP contribution is 2.24. The average Bonchev–Trinajstić information content (AvgIpc) is 3.00. The van der Waals surface area contributed by atoms with Crippen molar-refractivity contribution in [3.63, 3.8) is 0 Å². The van der Waals surface area contributed by atoms with E-state index in [0.29, 0.717) is 12.1 Å². The summed E-state index contributed by atoms with van der Waals surface area (Å²) in [5.41, 5.74) is 1.38. The van der Waals surface area contributed by atoms with Crippen molar-refractivity contribution >= 4 is 10.8 Å². The third kappa shape index (κ3) is 3.02. The molecular weight excluding hydrogens is 246 g/mol. The Balaban J connectivity index is 1.64. The molecule has 0 aliphatic carbocycles. The SMILES string of the molecule is C[C@H](NCC[C@@H]1CCCO1)c1cccc2ccccc12. The Labute approximate surface area is 121 Å². The maximum absolute atomic E-state index is 5.67. The highest BCUT2D eigenvalue weighted by molar-refractivity contribution is 5.86. The highest BCUT2D eigenvalue weighted by atomic mass is 16.5. The van der Waals surface area contributed by atoms with Crippen LogP contribution in [0.25, 0.3) is 10.8 Å². The molecule has 1 aliphatic heterocycles. The van der Waals surface area contributed by atoms with Gasteiger partial charge in [0.05, 0.1) is 6.10 Å².